The zero-order valence-electron chi connectivity index (χ0n) is 8.98. The minimum absolute atomic E-state index is 0.104. The molecule has 92 valence electrons. The van der Waals surface area contributed by atoms with Crippen LogP contribution < -0.4 is 10.9 Å². The third kappa shape index (κ3) is 2.95. The lowest BCUT2D eigenvalue weighted by Crippen LogP contribution is -2.17. The second-order valence-corrected chi connectivity index (χ2v) is 4.33. The van der Waals surface area contributed by atoms with Crippen LogP contribution in [0.2, 0.25) is 0 Å². The van der Waals surface area contributed by atoms with Gasteiger partial charge < -0.3 is 5.11 Å². The van der Waals surface area contributed by atoms with Gasteiger partial charge in [-0.05, 0) is 24.3 Å². The number of carbonyl (C=O) groups excluding carboxylic acids is 1. The van der Waals surface area contributed by atoms with Gasteiger partial charge in [0, 0.05) is 10.0 Å². The number of anilines is 1. The minimum atomic E-state index is -0.548. The van der Waals surface area contributed by atoms with Crippen molar-refractivity contribution in [3.8, 4) is 5.88 Å². The number of hydrogen-bond acceptors (Lipinski definition) is 4. The van der Waals surface area contributed by atoms with E-state index in [4.69, 9.17) is 5.11 Å². The number of halogens is 1. The molecule has 3 N–H and O–H groups in total. The van der Waals surface area contributed by atoms with Crippen LogP contribution in [0.5, 0.6) is 5.88 Å². The predicted molar refractivity (Wildman–Crippen MR) is 68.6 cm³/mol. The van der Waals surface area contributed by atoms with Crippen molar-refractivity contribution in [2.24, 2.45) is 0 Å². The molecule has 0 aliphatic carbocycles. The molecule has 0 saturated carbocycles. The molecule has 1 aromatic heterocycles. The van der Waals surface area contributed by atoms with Gasteiger partial charge in [-0.25, -0.2) is 0 Å². The Morgan fingerprint density at radius 2 is 2.00 bits per heavy atom. The quantitative estimate of drug-likeness (QED) is 0.783. The lowest BCUT2D eigenvalue weighted by molar-refractivity contribution is 0.102. The fourth-order valence-corrected chi connectivity index (χ4v) is 1.55. The molecule has 6 nitrogen and oxygen atoms in total. The molecule has 0 spiro atoms. The Hall–Kier alpha value is -2.15. The molecule has 0 aliphatic heterocycles. The highest BCUT2D eigenvalue weighted by molar-refractivity contribution is 9.10. The van der Waals surface area contributed by atoms with Crippen molar-refractivity contribution in [3.63, 3.8) is 0 Å². The maximum Gasteiger partial charge on any atom is 0.257 e. The first-order valence-corrected chi connectivity index (χ1v) is 5.71. The zero-order valence-corrected chi connectivity index (χ0v) is 10.6. The van der Waals surface area contributed by atoms with E-state index in [0.29, 0.717) is 5.56 Å². The van der Waals surface area contributed by atoms with E-state index in [1.807, 2.05) is 0 Å². The maximum absolute atomic E-state index is 11.8. The van der Waals surface area contributed by atoms with Crippen LogP contribution >= 0.6 is 15.9 Å². The third-order valence-corrected chi connectivity index (χ3v) is 2.60. The fourth-order valence-electron chi connectivity index (χ4n) is 1.28. The van der Waals surface area contributed by atoms with Gasteiger partial charge in [-0.2, -0.15) is 4.98 Å². The van der Waals surface area contributed by atoms with E-state index in [1.54, 1.807) is 24.3 Å². The zero-order chi connectivity index (χ0) is 13.1. The summed E-state index contributed by atoms with van der Waals surface area (Å²) in [4.78, 5) is 28.7. The number of hydrogen-bond donors (Lipinski definition) is 3. The van der Waals surface area contributed by atoms with Crippen molar-refractivity contribution in [1.82, 2.24) is 9.97 Å². The number of H-pyrrole nitrogens is 1. The van der Waals surface area contributed by atoms with Gasteiger partial charge in [0.25, 0.3) is 11.5 Å². The van der Waals surface area contributed by atoms with Gasteiger partial charge >= 0.3 is 0 Å². The second-order valence-electron chi connectivity index (χ2n) is 3.41. The predicted octanol–water partition coefficient (Wildman–Crippen LogP) is 1.49. The molecule has 0 radical (unpaired) electrons. The van der Waals surface area contributed by atoms with E-state index in [-0.39, 0.29) is 5.95 Å². The molecule has 1 amide bonds. The number of benzene rings is 1. The van der Waals surface area contributed by atoms with Crippen molar-refractivity contribution in [3.05, 3.63) is 50.7 Å². The molecule has 2 aromatic rings. The summed E-state index contributed by atoms with van der Waals surface area (Å²) in [7, 11) is 0. The summed E-state index contributed by atoms with van der Waals surface area (Å²) < 4.78 is 0.850. The first kappa shape index (κ1) is 12.3. The minimum Gasteiger partial charge on any atom is -0.493 e. The van der Waals surface area contributed by atoms with Crippen molar-refractivity contribution in [1.29, 1.82) is 0 Å². The monoisotopic (exact) mass is 309 g/mol. The van der Waals surface area contributed by atoms with E-state index in [2.05, 4.69) is 31.2 Å². The Balaban J connectivity index is 2.21. The molecular weight excluding hydrogens is 302 g/mol. The first-order valence-electron chi connectivity index (χ1n) is 4.92. The summed E-state index contributed by atoms with van der Waals surface area (Å²) >= 11 is 3.26. The number of nitrogens with zero attached hydrogens (tertiary/aromatic N) is 1. The number of aromatic hydroxyl groups is 1. The Kier molecular flexibility index (Phi) is 3.42. The van der Waals surface area contributed by atoms with Gasteiger partial charge in [-0.3, -0.25) is 19.9 Å². The van der Waals surface area contributed by atoms with Gasteiger partial charge in [0.15, 0.2) is 0 Å². The number of carbonyl (C=O) groups is 1. The van der Waals surface area contributed by atoms with Crippen LogP contribution in [-0.4, -0.2) is 21.0 Å². The summed E-state index contributed by atoms with van der Waals surface area (Å²) in [6.45, 7) is 0. The molecule has 0 fully saturated rings. The fraction of sp³-hybridized carbons (Fsp3) is 0. The van der Waals surface area contributed by atoms with Crippen LogP contribution in [-0.2, 0) is 0 Å². The summed E-state index contributed by atoms with van der Waals surface area (Å²) in [5.74, 6) is -0.992. The van der Waals surface area contributed by atoms with Gasteiger partial charge in [-0.15, -0.1) is 0 Å². The summed E-state index contributed by atoms with van der Waals surface area (Å²) in [5, 5.41) is 11.5. The number of rotatable bonds is 2. The normalized spacial score (nSPS) is 10.1. The molecule has 1 aromatic carbocycles. The second kappa shape index (κ2) is 5.01. The van der Waals surface area contributed by atoms with Crippen molar-refractivity contribution >= 4 is 27.8 Å². The van der Waals surface area contributed by atoms with Gasteiger partial charge in [0.1, 0.15) is 0 Å². The van der Waals surface area contributed by atoms with Crippen LogP contribution in [0.25, 0.3) is 0 Å². The van der Waals surface area contributed by atoms with E-state index in [0.717, 1.165) is 10.5 Å². The van der Waals surface area contributed by atoms with E-state index >= 15 is 0 Å². The number of amides is 1. The highest BCUT2D eigenvalue weighted by Gasteiger charge is 2.08. The maximum atomic E-state index is 11.8. The third-order valence-electron chi connectivity index (χ3n) is 2.07. The Labute approximate surface area is 110 Å². The van der Waals surface area contributed by atoms with Gasteiger partial charge in [-0.1, -0.05) is 15.9 Å². The van der Waals surface area contributed by atoms with E-state index < -0.39 is 17.3 Å². The molecular formula is C11H8BrN3O3. The van der Waals surface area contributed by atoms with Crippen LogP contribution in [0, 0.1) is 0 Å². The lowest BCUT2D eigenvalue weighted by atomic mass is 10.2. The summed E-state index contributed by atoms with van der Waals surface area (Å²) in [6.07, 6.45) is 0. The van der Waals surface area contributed by atoms with Crippen molar-refractivity contribution < 1.29 is 9.90 Å². The van der Waals surface area contributed by atoms with E-state index in [9.17, 15) is 9.59 Å². The standard InChI is InChI=1S/C11H8BrN3O3/c12-7-3-1-6(2-4-7)10(18)15-11-13-8(16)5-9(17)14-11/h1-5H,(H3,13,14,15,16,17,18). The van der Waals surface area contributed by atoms with Gasteiger partial charge in [0.05, 0.1) is 6.07 Å². The van der Waals surface area contributed by atoms with Crippen LogP contribution in [0.1, 0.15) is 10.4 Å². The molecule has 0 atom stereocenters. The SMILES string of the molecule is O=C(Nc1nc(O)cc(=O)[nH]1)c1ccc(Br)cc1. The van der Waals surface area contributed by atoms with Gasteiger partial charge in [0.2, 0.25) is 11.8 Å². The average Bonchev–Trinajstić information content (AvgIpc) is 2.28. The summed E-state index contributed by atoms with van der Waals surface area (Å²) in [6, 6.07) is 7.57. The molecule has 0 aliphatic rings. The summed E-state index contributed by atoms with van der Waals surface area (Å²) in [5.41, 5.74) is -0.141. The first-order chi connectivity index (χ1) is 8.54. The Morgan fingerprint density at radius 1 is 1.33 bits per heavy atom. The molecule has 18 heavy (non-hydrogen) atoms. The highest BCUT2D eigenvalue weighted by atomic mass is 79.9. The van der Waals surface area contributed by atoms with Crippen LogP contribution in [0.3, 0.4) is 0 Å². The smallest absolute Gasteiger partial charge is 0.257 e. The Bertz CT molecular complexity index is 637. The highest BCUT2D eigenvalue weighted by Crippen LogP contribution is 2.11. The Morgan fingerprint density at radius 3 is 2.61 bits per heavy atom. The van der Waals surface area contributed by atoms with E-state index in [1.165, 1.54) is 0 Å². The van der Waals surface area contributed by atoms with Crippen molar-refractivity contribution in [2.45, 2.75) is 0 Å². The largest absolute Gasteiger partial charge is 0.493 e. The number of nitrogens with one attached hydrogen (secondary N) is 2. The number of aromatic nitrogens is 2. The molecule has 0 saturated heterocycles. The van der Waals surface area contributed by atoms with Crippen LogP contribution in [0.15, 0.2) is 39.6 Å². The molecule has 0 bridgehead atoms. The number of aromatic amines is 1. The topological polar surface area (TPSA) is 95.1 Å². The average molecular weight is 310 g/mol. The molecule has 7 heteroatoms. The molecule has 0 unspecified atom stereocenters. The van der Waals surface area contributed by atoms with Crippen LogP contribution in [0.4, 0.5) is 5.95 Å². The lowest BCUT2D eigenvalue weighted by Gasteiger charge is -2.04. The molecule has 1 heterocycles. The van der Waals surface area contributed by atoms with Crippen molar-refractivity contribution in [2.75, 3.05) is 5.32 Å². The molecule has 2 rings (SSSR count).